The lowest BCUT2D eigenvalue weighted by Crippen LogP contribution is -2.33. The number of nitrogens with one attached hydrogen (secondary N) is 1. The molecule has 0 amide bonds. The maximum atomic E-state index is 12.4. The normalized spacial score (nSPS) is 13.7. The van der Waals surface area contributed by atoms with Crippen molar-refractivity contribution in [3.8, 4) is 0 Å². The summed E-state index contributed by atoms with van der Waals surface area (Å²) >= 11 is 0. The molecule has 1 atom stereocenters. The van der Waals surface area contributed by atoms with Gasteiger partial charge in [-0.25, -0.2) is 0 Å². The summed E-state index contributed by atoms with van der Waals surface area (Å²) in [6.45, 7) is 7.66. The molecule has 120 valence electrons. The molecule has 0 heterocycles. The number of nitrogens with zero attached hydrogens (tertiary/aromatic N) is 1. The minimum absolute atomic E-state index is 0.331. The average molecular weight is 302 g/mol. The highest BCUT2D eigenvalue weighted by Crippen LogP contribution is 2.19. The molecule has 0 aliphatic carbocycles. The van der Waals surface area contributed by atoms with E-state index in [-0.39, 0.29) is 0 Å². The predicted octanol–water partition coefficient (Wildman–Crippen LogP) is 3.78. The lowest BCUT2D eigenvalue weighted by molar-refractivity contribution is -0.146. The summed E-state index contributed by atoms with van der Waals surface area (Å²) in [6.07, 6.45) is -4.14. The number of alkyl halides is 3. The van der Waals surface area contributed by atoms with Crippen molar-refractivity contribution in [3.05, 3.63) is 35.4 Å². The fraction of sp³-hybridized carbons (Fsp3) is 0.625. The van der Waals surface area contributed by atoms with Crippen LogP contribution in [0.1, 0.15) is 37.8 Å². The Morgan fingerprint density at radius 2 is 1.76 bits per heavy atom. The van der Waals surface area contributed by atoms with Crippen molar-refractivity contribution >= 4 is 0 Å². The van der Waals surface area contributed by atoms with Gasteiger partial charge in [-0.1, -0.05) is 45.0 Å². The van der Waals surface area contributed by atoms with E-state index in [2.05, 4.69) is 19.2 Å². The van der Waals surface area contributed by atoms with Crippen LogP contribution in [0.5, 0.6) is 0 Å². The van der Waals surface area contributed by atoms with Crippen LogP contribution in [0.3, 0.4) is 0 Å². The molecule has 0 saturated heterocycles. The van der Waals surface area contributed by atoms with E-state index in [1.165, 1.54) is 10.5 Å². The molecule has 0 bridgehead atoms. The highest BCUT2D eigenvalue weighted by atomic mass is 19.4. The highest BCUT2D eigenvalue weighted by Gasteiger charge is 2.29. The first kappa shape index (κ1) is 18.0. The van der Waals surface area contributed by atoms with E-state index in [0.29, 0.717) is 19.0 Å². The number of rotatable bonds is 8. The molecule has 2 nitrogen and oxygen atoms in total. The van der Waals surface area contributed by atoms with Gasteiger partial charge in [0.1, 0.15) is 0 Å². The van der Waals surface area contributed by atoms with Crippen LogP contribution in [0.15, 0.2) is 24.3 Å². The first-order valence-electron chi connectivity index (χ1n) is 7.44. The Morgan fingerprint density at radius 3 is 2.24 bits per heavy atom. The molecule has 0 aromatic heterocycles. The van der Waals surface area contributed by atoms with Crippen molar-refractivity contribution in [3.63, 3.8) is 0 Å². The van der Waals surface area contributed by atoms with Gasteiger partial charge in [-0.05, 0) is 30.1 Å². The van der Waals surface area contributed by atoms with Crippen LogP contribution in [-0.4, -0.2) is 37.3 Å². The van der Waals surface area contributed by atoms with Crippen LogP contribution >= 0.6 is 0 Å². The van der Waals surface area contributed by atoms with Gasteiger partial charge in [-0.2, -0.15) is 13.2 Å². The third-order valence-electron chi connectivity index (χ3n) is 3.51. The lowest BCUT2D eigenvalue weighted by atomic mass is 9.99. The Balaban J connectivity index is 2.60. The van der Waals surface area contributed by atoms with Crippen molar-refractivity contribution in [2.45, 2.75) is 39.4 Å². The quantitative estimate of drug-likeness (QED) is 0.786. The number of halogens is 3. The van der Waals surface area contributed by atoms with Crippen molar-refractivity contribution in [2.75, 3.05) is 26.2 Å². The third-order valence-corrected chi connectivity index (χ3v) is 3.51. The zero-order valence-electron chi connectivity index (χ0n) is 13.0. The van der Waals surface area contributed by atoms with Gasteiger partial charge in [0.2, 0.25) is 0 Å². The summed E-state index contributed by atoms with van der Waals surface area (Å²) in [5.74, 6) is 0.399. The molecule has 1 rings (SSSR count). The lowest BCUT2D eigenvalue weighted by Gasteiger charge is -2.22. The summed E-state index contributed by atoms with van der Waals surface area (Å²) in [4.78, 5) is 1.40. The zero-order chi connectivity index (χ0) is 15.9. The summed E-state index contributed by atoms with van der Waals surface area (Å²) in [7, 11) is 0. The maximum Gasteiger partial charge on any atom is 0.401 e. The molecular formula is C16H25F3N2. The largest absolute Gasteiger partial charge is 0.401 e. The van der Waals surface area contributed by atoms with Gasteiger partial charge in [-0.3, -0.25) is 4.90 Å². The number of likely N-dealkylation sites (N-methyl/N-ethyl adjacent to an activating group) is 1. The van der Waals surface area contributed by atoms with Crippen LogP contribution in [0.4, 0.5) is 13.2 Å². The van der Waals surface area contributed by atoms with Gasteiger partial charge in [0.05, 0.1) is 6.54 Å². The number of benzene rings is 1. The van der Waals surface area contributed by atoms with Crippen molar-refractivity contribution in [1.29, 1.82) is 0 Å². The molecule has 0 spiro atoms. The van der Waals surface area contributed by atoms with Crippen LogP contribution in [0, 0.1) is 0 Å². The van der Waals surface area contributed by atoms with Gasteiger partial charge in [0.25, 0.3) is 0 Å². The van der Waals surface area contributed by atoms with Crippen molar-refractivity contribution in [2.24, 2.45) is 0 Å². The standard InChI is InChI=1S/C16H25F3N2/c1-4-20-10-13(3)15-8-6-14(7-9-15)11-21(5-2)12-16(17,18)19/h6-9,13,20H,4-5,10-12H2,1-3H3. The summed E-state index contributed by atoms with van der Waals surface area (Å²) < 4.78 is 37.3. The van der Waals surface area contributed by atoms with Crippen LogP contribution in [-0.2, 0) is 6.54 Å². The smallest absolute Gasteiger partial charge is 0.316 e. The molecule has 0 saturated carbocycles. The molecule has 0 radical (unpaired) electrons. The summed E-state index contributed by atoms with van der Waals surface area (Å²) in [6, 6.07) is 7.88. The molecule has 1 N–H and O–H groups in total. The Kier molecular flexibility index (Phi) is 7.18. The zero-order valence-corrected chi connectivity index (χ0v) is 13.0. The van der Waals surface area contributed by atoms with E-state index in [4.69, 9.17) is 0 Å². The fourth-order valence-corrected chi connectivity index (χ4v) is 2.22. The first-order chi connectivity index (χ1) is 9.85. The Hall–Kier alpha value is -1.07. The maximum absolute atomic E-state index is 12.4. The van der Waals surface area contributed by atoms with E-state index in [1.54, 1.807) is 6.92 Å². The van der Waals surface area contributed by atoms with Crippen LogP contribution in [0.2, 0.25) is 0 Å². The Morgan fingerprint density at radius 1 is 1.14 bits per heavy atom. The molecular weight excluding hydrogens is 277 g/mol. The highest BCUT2D eigenvalue weighted by molar-refractivity contribution is 5.25. The van der Waals surface area contributed by atoms with E-state index in [0.717, 1.165) is 18.7 Å². The minimum Gasteiger partial charge on any atom is -0.316 e. The molecule has 5 heteroatoms. The van der Waals surface area contributed by atoms with E-state index >= 15 is 0 Å². The molecule has 0 fully saturated rings. The minimum atomic E-state index is -4.14. The van der Waals surface area contributed by atoms with Gasteiger partial charge < -0.3 is 5.32 Å². The van der Waals surface area contributed by atoms with E-state index in [9.17, 15) is 13.2 Å². The number of hydrogen-bond donors (Lipinski definition) is 1. The predicted molar refractivity (Wildman–Crippen MR) is 80.4 cm³/mol. The topological polar surface area (TPSA) is 15.3 Å². The van der Waals surface area contributed by atoms with E-state index < -0.39 is 12.7 Å². The Bertz CT molecular complexity index is 401. The number of hydrogen-bond acceptors (Lipinski definition) is 2. The molecule has 21 heavy (non-hydrogen) atoms. The van der Waals surface area contributed by atoms with Gasteiger partial charge >= 0.3 is 6.18 Å². The molecule has 0 aliphatic rings. The summed E-state index contributed by atoms with van der Waals surface area (Å²) in [5.41, 5.74) is 2.12. The third kappa shape index (κ3) is 6.96. The SMILES string of the molecule is CCNCC(C)c1ccc(CN(CC)CC(F)(F)F)cc1. The average Bonchev–Trinajstić information content (AvgIpc) is 2.43. The van der Waals surface area contributed by atoms with Crippen LogP contribution in [0.25, 0.3) is 0 Å². The fourth-order valence-electron chi connectivity index (χ4n) is 2.22. The molecule has 1 aromatic carbocycles. The second-order valence-corrected chi connectivity index (χ2v) is 5.37. The summed E-state index contributed by atoms with van der Waals surface area (Å²) in [5, 5.41) is 3.29. The van der Waals surface area contributed by atoms with Crippen molar-refractivity contribution in [1.82, 2.24) is 10.2 Å². The second kappa shape index (κ2) is 8.39. The van der Waals surface area contributed by atoms with Gasteiger partial charge in [0.15, 0.2) is 0 Å². The van der Waals surface area contributed by atoms with Gasteiger partial charge in [-0.15, -0.1) is 0 Å². The van der Waals surface area contributed by atoms with E-state index in [1.807, 2.05) is 24.3 Å². The van der Waals surface area contributed by atoms with Crippen molar-refractivity contribution < 1.29 is 13.2 Å². The van der Waals surface area contributed by atoms with Gasteiger partial charge in [0, 0.05) is 13.1 Å². The van der Waals surface area contributed by atoms with Crippen LogP contribution < -0.4 is 5.32 Å². The Labute approximate surface area is 125 Å². The second-order valence-electron chi connectivity index (χ2n) is 5.37. The molecule has 0 aliphatic heterocycles. The molecule has 1 aromatic rings. The monoisotopic (exact) mass is 302 g/mol. The first-order valence-corrected chi connectivity index (χ1v) is 7.44. The molecule has 1 unspecified atom stereocenters.